The molecular formula is C24H25ClN6O3. The van der Waals surface area contributed by atoms with Gasteiger partial charge in [0.25, 0.3) is 11.3 Å². The van der Waals surface area contributed by atoms with Gasteiger partial charge in [-0.05, 0) is 69.2 Å². The number of rotatable bonds is 6. The largest absolute Gasteiger partial charge is 0.485 e. The van der Waals surface area contributed by atoms with Crippen LogP contribution in [0.25, 0.3) is 5.78 Å². The lowest BCUT2D eigenvalue weighted by atomic mass is 10.1. The van der Waals surface area contributed by atoms with Gasteiger partial charge in [0.1, 0.15) is 18.7 Å². The van der Waals surface area contributed by atoms with Gasteiger partial charge >= 0.3 is 6.03 Å². The van der Waals surface area contributed by atoms with Gasteiger partial charge in [0.15, 0.2) is 0 Å². The quantitative estimate of drug-likeness (QED) is 0.406. The number of nitrogens with zero attached hydrogens (tertiary/aromatic N) is 4. The zero-order chi connectivity index (χ0) is 24.4. The number of benzene rings is 2. The second-order valence-corrected chi connectivity index (χ2v) is 8.74. The van der Waals surface area contributed by atoms with Crippen LogP contribution in [0.3, 0.4) is 0 Å². The minimum atomic E-state index is -0.436. The van der Waals surface area contributed by atoms with Crippen molar-refractivity contribution in [1.29, 1.82) is 0 Å². The molecule has 0 fully saturated rings. The number of halogens is 1. The van der Waals surface area contributed by atoms with Crippen molar-refractivity contribution in [2.24, 2.45) is 0 Å². The number of carbonyl (C=O) groups is 1. The van der Waals surface area contributed by atoms with E-state index in [1.54, 1.807) is 29.2 Å². The minimum Gasteiger partial charge on any atom is -0.485 e. The Morgan fingerprint density at radius 1 is 1.09 bits per heavy atom. The summed E-state index contributed by atoms with van der Waals surface area (Å²) in [5, 5.41) is 6.02. The molecular weight excluding hydrogens is 456 g/mol. The summed E-state index contributed by atoms with van der Waals surface area (Å²) in [7, 11) is 0. The molecule has 0 saturated carbocycles. The monoisotopic (exact) mass is 480 g/mol. The number of urea groups is 1. The van der Waals surface area contributed by atoms with Gasteiger partial charge in [-0.3, -0.25) is 9.48 Å². The van der Waals surface area contributed by atoms with Crippen molar-refractivity contribution in [2.75, 3.05) is 10.6 Å². The maximum Gasteiger partial charge on any atom is 0.323 e. The molecule has 2 heterocycles. The fourth-order valence-corrected chi connectivity index (χ4v) is 3.79. The predicted molar refractivity (Wildman–Crippen MR) is 132 cm³/mol. The summed E-state index contributed by atoms with van der Waals surface area (Å²) >= 11 is 6.14. The number of fused-ring (bicyclic) bond motifs is 1. The molecule has 4 rings (SSSR count). The zero-order valence-electron chi connectivity index (χ0n) is 19.3. The third-order valence-electron chi connectivity index (χ3n) is 5.03. The first-order valence-electron chi connectivity index (χ1n) is 10.7. The summed E-state index contributed by atoms with van der Waals surface area (Å²) in [5.74, 6) is 0.678. The fraction of sp³-hybridized carbons (Fsp3) is 0.250. The summed E-state index contributed by atoms with van der Waals surface area (Å²) in [6, 6.07) is 11.7. The van der Waals surface area contributed by atoms with E-state index in [-0.39, 0.29) is 18.2 Å². The molecule has 0 aliphatic heterocycles. The van der Waals surface area contributed by atoms with Gasteiger partial charge in [0.05, 0.1) is 11.4 Å². The summed E-state index contributed by atoms with van der Waals surface area (Å²) in [6.07, 6.45) is 1.58. The van der Waals surface area contributed by atoms with Crippen LogP contribution >= 0.6 is 11.6 Å². The van der Waals surface area contributed by atoms with E-state index in [9.17, 15) is 9.59 Å². The first-order valence-corrected chi connectivity index (χ1v) is 11.1. The predicted octanol–water partition coefficient (Wildman–Crippen LogP) is 4.97. The molecule has 34 heavy (non-hydrogen) atoms. The van der Waals surface area contributed by atoms with Crippen LogP contribution in [0.2, 0.25) is 5.02 Å². The third kappa shape index (κ3) is 5.20. The van der Waals surface area contributed by atoms with Gasteiger partial charge in [-0.1, -0.05) is 17.7 Å². The van der Waals surface area contributed by atoms with Crippen LogP contribution < -0.4 is 20.9 Å². The molecule has 2 N–H and O–H groups in total. The maximum absolute atomic E-state index is 12.6. The minimum absolute atomic E-state index is 0.00921. The Labute approximate surface area is 201 Å². The van der Waals surface area contributed by atoms with E-state index in [0.29, 0.717) is 33.6 Å². The highest BCUT2D eigenvalue weighted by molar-refractivity contribution is 6.31. The number of hydrogen-bond donors (Lipinski definition) is 2. The highest BCUT2D eigenvalue weighted by atomic mass is 35.5. The molecule has 0 aliphatic carbocycles. The van der Waals surface area contributed by atoms with Crippen LogP contribution in [0.5, 0.6) is 5.75 Å². The van der Waals surface area contributed by atoms with Gasteiger partial charge in [-0.15, -0.1) is 0 Å². The molecule has 0 atom stereocenters. The van der Waals surface area contributed by atoms with Gasteiger partial charge in [-0.25, -0.2) is 9.78 Å². The third-order valence-corrected chi connectivity index (χ3v) is 5.26. The second-order valence-electron chi connectivity index (χ2n) is 8.30. The SMILES string of the molecule is Cc1cc(C)cc(NC(=O)Nc2cc(Cl)ccc2OCc2cc(=O)n3c(ncn3C(C)C)n2)c1. The Bertz CT molecular complexity index is 1410. The molecule has 0 unspecified atom stereocenters. The molecule has 9 nitrogen and oxygen atoms in total. The number of aromatic nitrogens is 4. The summed E-state index contributed by atoms with van der Waals surface area (Å²) < 4.78 is 9.01. The molecule has 2 aromatic carbocycles. The van der Waals surface area contributed by atoms with E-state index in [1.807, 2.05) is 45.9 Å². The van der Waals surface area contributed by atoms with Crippen molar-refractivity contribution in [3.63, 3.8) is 0 Å². The lowest BCUT2D eigenvalue weighted by Gasteiger charge is -2.14. The second kappa shape index (κ2) is 9.56. The number of hydrogen-bond acceptors (Lipinski definition) is 5. The van der Waals surface area contributed by atoms with Crippen LogP contribution in [0.4, 0.5) is 16.2 Å². The molecule has 0 radical (unpaired) electrons. The number of anilines is 2. The summed E-state index contributed by atoms with van der Waals surface area (Å²) in [5.41, 5.74) is 3.31. The van der Waals surface area contributed by atoms with Crippen LogP contribution in [0.15, 0.2) is 53.6 Å². The Balaban J connectivity index is 1.51. The zero-order valence-corrected chi connectivity index (χ0v) is 20.1. The van der Waals surface area contributed by atoms with E-state index in [4.69, 9.17) is 16.3 Å². The smallest absolute Gasteiger partial charge is 0.323 e. The van der Waals surface area contributed by atoms with Gasteiger partial charge in [0, 0.05) is 22.8 Å². The first kappa shape index (κ1) is 23.3. The van der Waals surface area contributed by atoms with E-state index < -0.39 is 6.03 Å². The normalized spacial score (nSPS) is 11.1. The first-order chi connectivity index (χ1) is 16.2. The topological polar surface area (TPSA) is 103 Å². The lowest BCUT2D eigenvalue weighted by Crippen LogP contribution is -2.23. The fourth-order valence-electron chi connectivity index (χ4n) is 3.62. The number of ether oxygens (including phenoxy) is 1. The molecule has 0 aliphatic rings. The molecule has 2 aromatic heterocycles. The maximum atomic E-state index is 12.6. The van der Waals surface area contributed by atoms with Crippen LogP contribution in [0.1, 0.15) is 36.7 Å². The summed E-state index contributed by atoms with van der Waals surface area (Å²) in [6.45, 7) is 7.84. The molecule has 0 bridgehead atoms. The standard InChI is InChI=1S/C24H25ClN6O3/c1-14(2)30-13-26-23-27-19(11-22(32)31(23)30)12-34-21-6-5-17(25)10-20(21)29-24(33)28-18-8-15(3)7-16(4)9-18/h5-11,13-14H,12H2,1-4H3,(H2,28,29,33). The van der Waals surface area contributed by atoms with Gasteiger partial charge < -0.3 is 15.4 Å². The van der Waals surface area contributed by atoms with E-state index in [2.05, 4.69) is 20.6 Å². The number of nitrogens with one attached hydrogen (secondary N) is 2. The van der Waals surface area contributed by atoms with Crippen LogP contribution in [0, 0.1) is 13.8 Å². The van der Waals surface area contributed by atoms with Gasteiger partial charge in [-0.2, -0.15) is 9.50 Å². The van der Waals surface area contributed by atoms with Crippen molar-refractivity contribution < 1.29 is 9.53 Å². The van der Waals surface area contributed by atoms with Gasteiger partial charge in [0.2, 0.25) is 0 Å². The van der Waals surface area contributed by atoms with Crippen molar-refractivity contribution in [2.45, 2.75) is 40.3 Å². The average Bonchev–Trinajstić information content (AvgIpc) is 3.17. The average molecular weight is 481 g/mol. The van der Waals surface area contributed by atoms with Crippen LogP contribution in [-0.2, 0) is 6.61 Å². The van der Waals surface area contributed by atoms with Crippen molar-refractivity contribution in [3.8, 4) is 5.75 Å². The Morgan fingerprint density at radius 2 is 1.82 bits per heavy atom. The molecule has 0 spiro atoms. The Hall–Kier alpha value is -3.85. The highest BCUT2D eigenvalue weighted by Crippen LogP contribution is 2.29. The van der Waals surface area contributed by atoms with Crippen molar-refractivity contribution >= 4 is 34.8 Å². The molecule has 0 saturated heterocycles. The van der Waals surface area contributed by atoms with Crippen molar-refractivity contribution in [3.05, 3.63) is 81.0 Å². The molecule has 4 aromatic rings. The van der Waals surface area contributed by atoms with E-state index in [0.717, 1.165) is 11.1 Å². The Kier molecular flexibility index (Phi) is 6.56. The lowest BCUT2D eigenvalue weighted by molar-refractivity contribution is 0.261. The molecule has 176 valence electrons. The molecule has 10 heteroatoms. The highest BCUT2D eigenvalue weighted by Gasteiger charge is 2.13. The number of carbonyl (C=O) groups excluding carboxylic acids is 1. The van der Waals surface area contributed by atoms with Crippen LogP contribution in [-0.4, -0.2) is 25.2 Å². The van der Waals surface area contributed by atoms with E-state index >= 15 is 0 Å². The Morgan fingerprint density at radius 3 is 2.53 bits per heavy atom. The summed E-state index contributed by atoms with van der Waals surface area (Å²) in [4.78, 5) is 33.8. The molecule has 2 amide bonds. The number of amides is 2. The van der Waals surface area contributed by atoms with E-state index in [1.165, 1.54) is 10.6 Å². The number of aryl methyl sites for hydroxylation is 2. The van der Waals surface area contributed by atoms with Crippen molar-refractivity contribution in [1.82, 2.24) is 19.2 Å².